The van der Waals surface area contributed by atoms with E-state index in [1.54, 1.807) is 0 Å². The molecule has 0 bridgehead atoms. The molecule has 0 nitrogen and oxygen atoms in total. The molecule has 0 atom stereocenters. The quantitative estimate of drug-likeness (QED) is 0.462. The van der Waals surface area contributed by atoms with E-state index >= 15 is 0 Å². The summed E-state index contributed by atoms with van der Waals surface area (Å²) in [6, 6.07) is 33.0. The van der Waals surface area contributed by atoms with Crippen molar-refractivity contribution in [1.82, 2.24) is 0 Å². The third-order valence-electron chi connectivity index (χ3n) is 4.49. The summed E-state index contributed by atoms with van der Waals surface area (Å²) >= 11 is 6.09. The molecule has 2 heteroatoms. The Hall–Kier alpha value is -1.62. The number of hydrogen-bond donors (Lipinski definition) is 0. The molecular weight excluding hydrogens is 319 g/mol. The van der Waals surface area contributed by atoms with Crippen LogP contribution in [-0.2, 0) is 0 Å². The summed E-state index contributed by atoms with van der Waals surface area (Å²) in [4.78, 5) is 0. The van der Waals surface area contributed by atoms with Crippen molar-refractivity contribution in [2.24, 2.45) is 0 Å². The first-order chi connectivity index (χ1) is 11.4. The third kappa shape index (κ3) is 3.34. The Kier molecular flexibility index (Phi) is 5.49. The van der Waals surface area contributed by atoms with E-state index < -0.39 is 7.26 Å². The molecule has 23 heavy (non-hydrogen) atoms. The molecule has 0 saturated carbocycles. The van der Waals surface area contributed by atoms with Crippen LogP contribution in [0.15, 0.2) is 91.0 Å². The first-order valence-corrected chi connectivity index (χ1v) is 10.8. The molecule has 0 fully saturated rings. The summed E-state index contributed by atoms with van der Waals surface area (Å²) in [5, 5.41) is 4.38. The fourth-order valence-electron chi connectivity index (χ4n) is 3.43. The molecule has 0 aliphatic rings. The molecule has 0 aromatic heterocycles. The van der Waals surface area contributed by atoms with Gasteiger partial charge in [0.05, 0.1) is 0 Å². The first kappa shape index (κ1) is 16.2. The van der Waals surface area contributed by atoms with E-state index in [0.717, 1.165) is 12.6 Å². The molecule has 0 aliphatic carbocycles. The number of benzene rings is 3. The summed E-state index contributed by atoms with van der Waals surface area (Å²) in [5.74, 6) is 0.710. The normalized spacial score (nSPS) is 12.0. The van der Waals surface area contributed by atoms with Crippen molar-refractivity contribution in [2.45, 2.75) is 6.42 Å². The molecule has 0 spiro atoms. The van der Waals surface area contributed by atoms with E-state index in [0.29, 0.717) is 5.88 Å². The van der Waals surface area contributed by atoms with Crippen LogP contribution in [0.25, 0.3) is 0 Å². The van der Waals surface area contributed by atoms with Gasteiger partial charge in [-0.15, -0.1) is 0 Å². The van der Waals surface area contributed by atoms with Crippen LogP contribution in [0.4, 0.5) is 0 Å². The predicted octanol–water partition coefficient (Wildman–Crippen LogP) is 4.34. The van der Waals surface area contributed by atoms with Crippen LogP contribution in [0.1, 0.15) is 6.42 Å². The van der Waals surface area contributed by atoms with Crippen molar-refractivity contribution in [1.29, 1.82) is 0 Å². The van der Waals surface area contributed by atoms with Crippen LogP contribution in [-0.4, -0.2) is 12.0 Å². The van der Waals surface area contributed by atoms with E-state index in [9.17, 15) is 0 Å². The molecule has 0 N–H and O–H groups in total. The van der Waals surface area contributed by atoms with Crippen LogP contribution in [0, 0.1) is 0 Å². The molecule has 0 saturated heterocycles. The summed E-state index contributed by atoms with van der Waals surface area (Å²) < 4.78 is 0. The Morgan fingerprint density at radius 2 is 0.913 bits per heavy atom. The van der Waals surface area contributed by atoms with Crippen molar-refractivity contribution in [3.63, 3.8) is 0 Å². The van der Waals surface area contributed by atoms with Crippen LogP contribution in [0.2, 0.25) is 0 Å². The molecule has 0 amide bonds. The van der Waals surface area contributed by atoms with Gasteiger partial charge in [0.15, 0.2) is 0 Å². The standard InChI is InChI=1S/C21H22ClP/c22-17-10-18-23(19-11-4-1-5-12-19,20-13-6-2-7-14-20)21-15-8-3-9-16-21/h1-9,11-16,23H,10,17-18H2. The minimum atomic E-state index is -2.03. The van der Waals surface area contributed by atoms with Crippen LogP contribution < -0.4 is 15.9 Å². The zero-order valence-corrected chi connectivity index (χ0v) is 14.9. The Morgan fingerprint density at radius 3 is 1.22 bits per heavy atom. The van der Waals surface area contributed by atoms with Crippen molar-refractivity contribution in [3.05, 3.63) is 91.0 Å². The SMILES string of the molecule is ClCCC[PH](c1ccccc1)(c1ccccc1)c1ccccc1. The number of hydrogen-bond acceptors (Lipinski definition) is 0. The van der Waals surface area contributed by atoms with Gasteiger partial charge < -0.3 is 0 Å². The number of alkyl halides is 1. The van der Waals surface area contributed by atoms with E-state index in [-0.39, 0.29) is 0 Å². The Balaban J connectivity index is 2.25. The fraction of sp³-hybridized carbons (Fsp3) is 0.143. The molecule has 118 valence electrons. The predicted molar refractivity (Wildman–Crippen MR) is 107 cm³/mol. The summed E-state index contributed by atoms with van der Waals surface area (Å²) in [5.41, 5.74) is 0. The average molecular weight is 341 g/mol. The van der Waals surface area contributed by atoms with Gasteiger partial charge in [0.2, 0.25) is 0 Å². The topological polar surface area (TPSA) is 0 Å². The van der Waals surface area contributed by atoms with Gasteiger partial charge in [-0.2, -0.15) is 0 Å². The Morgan fingerprint density at radius 1 is 0.565 bits per heavy atom. The Bertz CT molecular complexity index is 614. The van der Waals surface area contributed by atoms with Gasteiger partial charge in [-0.1, -0.05) is 0 Å². The van der Waals surface area contributed by atoms with Gasteiger partial charge in [0, 0.05) is 0 Å². The van der Waals surface area contributed by atoms with Crippen molar-refractivity contribution < 1.29 is 0 Å². The number of rotatable bonds is 6. The maximum absolute atomic E-state index is 6.09. The second-order valence-electron chi connectivity index (χ2n) is 5.80. The van der Waals surface area contributed by atoms with Gasteiger partial charge in [0.1, 0.15) is 0 Å². The van der Waals surface area contributed by atoms with Crippen LogP contribution in [0.5, 0.6) is 0 Å². The van der Waals surface area contributed by atoms with E-state index in [4.69, 9.17) is 11.6 Å². The van der Waals surface area contributed by atoms with Crippen molar-refractivity contribution >= 4 is 34.8 Å². The minimum absolute atomic E-state index is 0.710. The molecule has 0 aliphatic heterocycles. The molecule has 3 rings (SSSR count). The molecule has 0 heterocycles. The second kappa shape index (κ2) is 7.77. The van der Waals surface area contributed by atoms with E-state index in [1.165, 1.54) is 15.9 Å². The second-order valence-corrected chi connectivity index (χ2v) is 10.2. The first-order valence-electron chi connectivity index (χ1n) is 8.10. The number of halogens is 1. The van der Waals surface area contributed by atoms with Gasteiger partial charge in [-0.05, 0) is 0 Å². The van der Waals surface area contributed by atoms with E-state index in [1.807, 2.05) is 0 Å². The molecule has 3 aromatic carbocycles. The van der Waals surface area contributed by atoms with E-state index in [2.05, 4.69) is 91.0 Å². The monoisotopic (exact) mass is 340 g/mol. The Labute approximate surface area is 144 Å². The third-order valence-corrected chi connectivity index (χ3v) is 9.81. The molecular formula is C21H22ClP. The summed E-state index contributed by atoms with van der Waals surface area (Å²) in [7, 11) is -2.03. The molecule has 0 unspecified atom stereocenters. The zero-order chi connectivity index (χ0) is 16.0. The van der Waals surface area contributed by atoms with Gasteiger partial charge in [-0.25, -0.2) is 0 Å². The molecule has 3 aromatic rings. The average Bonchev–Trinajstić information content (AvgIpc) is 2.65. The molecule has 0 radical (unpaired) electrons. The van der Waals surface area contributed by atoms with Gasteiger partial charge in [-0.3, -0.25) is 0 Å². The van der Waals surface area contributed by atoms with Gasteiger partial charge >= 0.3 is 144 Å². The summed E-state index contributed by atoms with van der Waals surface area (Å²) in [6.45, 7) is 0. The zero-order valence-electron chi connectivity index (χ0n) is 13.2. The van der Waals surface area contributed by atoms with Gasteiger partial charge in [0.25, 0.3) is 0 Å². The van der Waals surface area contributed by atoms with Crippen LogP contribution >= 0.6 is 18.9 Å². The van der Waals surface area contributed by atoms with Crippen molar-refractivity contribution in [2.75, 3.05) is 12.0 Å². The maximum atomic E-state index is 6.09. The fourth-order valence-corrected chi connectivity index (χ4v) is 8.65. The van der Waals surface area contributed by atoms with Crippen molar-refractivity contribution in [3.8, 4) is 0 Å². The van der Waals surface area contributed by atoms with Crippen LogP contribution in [0.3, 0.4) is 0 Å². The summed E-state index contributed by atoms with van der Waals surface area (Å²) in [6.07, 6.45) is 2.17.